The van der Waals surface area contributed by atoms with E-state index in [0.29, 0.717) is 11.8 Å². The summed E-state index contributed by atoms with van der Waals surface area (Å²) in [5.74, 6) is 1.16. The van der Waals surface area contributed by atoms with E-state index in [0.717, 1.165) is 12.1 Å². The summed E-state index contributed by atoms with van der Waals surface area (Å²) >= 11 is 0. The maximum Gasteiger partial charge on any atom is 0.248 e. The van der Waals surface area contributed by atoms with Gasteiger partial charge in [0.2, 0.25) is 5.91 Å². The molecule has 1 aliphatic carbocycles. The van der Waals surface area contributed by atoms with Gasteiger partial charge >= 0.3 is 0 Å². The maximum atomic E-state index is 13.3. The standard InChI is InChI=1S/C22H32N2O3/c1-15-18-12-8-11-17(18)13-24(15)20(25)19(22(2,3)4)23-21(26)27-14-16-9-6-5-7-10-16/h5-7,9-10,15,17-19H,8,11-14H2,1-4H3,(H,23,26)/p-1/t15-,17+,18-,19-/m1/s1. The lowest BCUT2D eigenvalue weighted by Crippen LogP contribution is -2.47. The molecule has 3 rings (SSSR count). The molecule has 0 spiro atoms. The molecule has 0 bridgehead atoms. The number of hydrogen-bond donors (Lipinski definition) is 0. The number of carbonyl (C=O) groups excluding carboxylic acids is 1. The Morgan fingerprint density at radius 2 is 2.00 bits per heavy atom. The maximum absolute atomic E-state index is 13.3. The van der Waals surface area contributed by atoms with Gasteiger partial charge in [-0.2, -0.15) is 0 Å². The van der Waals surface area contributed by atoms with E-state index in [9.17, 15) is 9.90 Å². The van der Waals surface area contributed by atoms with E-state index in [1.54, 1.807) is 0 Å². The Labute approximate surface area is 162 Å². The summed E-state index contributed by atoms with van der Waals surface area (Å²) in [6.07, 6.45) is 3.00. The summed E-state index contributed by atoms with van der Waals surface area (Å²) in [4.78, 5) is 19.4. The molecule has 1 aromatic rings. The zero-order chi connectivity index (χ0) is 19.6. The summed E-state index contributed by atoms with van der Waals surface area (Å²) in [5, 5.41) is 12.3. The molecule has 1 aliphatic heterocycles. The van der Waals surface area contributed by atoms with Crippen LogP contribution in [0.15, 0.2) is 35.3 Å². The first-order valence-electron chi connectivity index (χ1n) is 9.99. The lowest BCUT2D eigenvalue weighted by molar-refractivity contribution is -0.253. The van der Waals surface area contributed by atoms with Crippen LogP contribution >= 0.6 is 0 Å². The van der Waals surface area contributed by atoms with Crippen LogP contribution in [0.4, 0.5) is 0 Å². The molecule has 2 fully saturated rings. The van der Waals surface area contributed by atoms with Crippen molar-refractivity contribution in [3.05, 3.63) is 35.9 Å². The fraction of sp³-hybridized carbons (Fsp3) is 0.636. The van der Waals surface area contributed by atoms with Crippen molar-refractivity contribution in [2.75, 3.05) is 6.54 Å². The summed E-state index contributed by atoms with van der Waals surface area (Å²) in [6, 6.07) is 9.00. The van der Waals surface area contributed by atoms with Gasteiger partial charge in [-0.3, -0.25) is 9.79 Å². The summed E-state index contributed by atoms with van der Waals surface area (Å²) in [6.45, 7) is 8.95. The van der Waals surface area contributed by atoms with Crippen molar-refractivity contribution in [2.45, 2.75) is 65.6 Å². The van der Waals surface area contributed by atoms with Gasteiger partial charge in [0.15, 0.2) is 0 Å². The molecule has 148 valence electrons. The van der Waals surface area contributed by atoms with Gasteiger partial charge in [0, 0.05) is 19.2 Å². The minimum Gasteiger partial charge on any atom is -0.596 e. The zero-order valence-corrected chi connectivity index (χ0v) is 16.9. The zero-order valence-electron chi connectivity index (χ0n) is 16.9. The van der Waals surface area contributed by atoms with Crippen molar-refractivity contribution in [1.82, 2.24) is 4.90 Å². The van der Waals surface area contributed by atoms with E-state index in [1.165, 1.54) is 19.3 Å². The largest absolute Gasteiger partial charge is 0.596 e. The molecule has 5 heteroatoms. The average molecular weight is 372 g/mol. The first-order chi connectivity index (χ1) is 12.8. The number of rotatable bonds is 4. The molecule has 1 amide bonds. The molecule has 1 saturated heterocycles. The van der Waals surface area contributed by atoms with Gasteiger partial charge in [-0.25, -0.2) is 0 Å². The molecule has 0 aromatic heterocycles. The first-order valence-corrected chi connectivity index (χ1v) is 9.99. The Balaban J connectivity index is 1.71. The predicted molar refractivity (Wildman–Crippen MR) is 104 cm³/mol. The molecule has 0 N–H and O–H groups in total. The molecule has 2 aliphatic rings. The molecule has 5 nitrogen and oxygen atoms in total. The van der Waals surface area contributed by atoms with E-state index in [1.807, 2.05) is 56.0 Å². The van der Waals surface area contributed by atoms with Gasteiger partial charge in [0.25, 0.3) is 0 Å². The van der Waals surface area contributed by atoms with Crippen molar-refractivity contribution in [3.63, 3.8) is 0 Å². The Bertz CT molecular complexity index is 681. The van der Waals surface area contributed by atoms with Crippen LogP contribution in [0.2, 0.25) is 0 Å². The van der Waals surface area contributed by atoms with Crippen molar-refractivity contribution in [2.24, 2.45) is 22.2 Å². The van der Waals surface area contributed by atoms with Gasteiger partial charge in [-0.1, -0.05) is 57.5 Å². The van der Waals surface area contributed by atoms with Crippen molar-refractivity contribution in [3.8, 4) is 0 Å². The third-order valence-electron chi connectivity index (χ3n) is 6.04. The number of amides is 1. The van der Waals surface area contributed by atoms with Crippen LogP contribution in [0, 0.1) is 17.3 Å². The Hall–Kier alpha value is -2.04. The number of fused-ring (bicyclic) bond motifs is 1. The van der Waals surface area contributed by atoms with E-state index < -0.39 is 17.5 Å². The second-order valence-corrected chi connectivity index (χ2v) is 9.02. The van der Waals surface area contributed by atoms with Crippen LogP contribution in [0.1, 0.15) is 52.5 Å². The normalized spacial score (nSPS) is 26.7. The quantitative estimate of drug-likeness (QED) is 0.604. The summed E-state index contributed by atoms with van der Waals surface area (Å²) in [7, 11) is 0. The molecular weight excluding hydrogens is 340 g/mol. The number of aliphatic imine (C=N–C) groups is 1. The van der Waals surface area contributed by atoms with E-state index in [-0.39, 0.29) is 18.6 Å². The van der Waals surface area contributed by atoms with Gasteiger partial charge in [0.1, 0.15) is 12.1 Å². The number of benzene rings is 1. The van der Waals surface area contributed by atoms with Crippen LogP contribution in [-0.2, 0) is 16.1 Å². The van der Waals surface area contributed by atoms with Crippen LogP contribution in [0.25, 0.3) is 0 Å². The van der Waals surface area contributed by atoms with Crippen LogP contribution in [-0.4, -0.2) is 35.5 Å². The van der Waals surface area contributed by atoms with Gasteiger partial charge in [-0.05, 0) is 42.6 Å². The van der Waals surface area contributed by atoms with E-state index >= 15 is 0 Å². The lowest BCUT2D eigenvalue weighted by Gasteiger charge is -2.34. The highest BCUT2D eigenvalue weighted by molar-refractivity contribution is 5.85. The second-order valence-electron chi connectivity index (χ2n) is 9.02. The third kappa shape index (κ3) is 4.45. The average Bonchev–Trinajstić information content (AvgIpc) is 3.20. The van der Waals surface area contributed by atoms with E-state index in [2.05, 4.69) is 11.9 Å². The van der Waals surface area contributed by atoms with Crippen LogP contribution in [0.5, 0.6) is 0 Å². The van der Waals surface area contributed by atoms with Crippen molar-refractivity contribution in [1.29, 1.82) is 0 Å². The number of carbonyl (C=O) groups is 1. The monoisotopic (exact) mass is 371 g/mol. The smallest absolute Gasteiger partial charge is 0.248 e. The van der Waals surface area contributed by atoms with Gasteiger partial charge in [-0.15, -0.1) is 0 Å². The molecule has 27 heavy (non-hydrogen) atoms. The molecule has 1 saturated carbocycles. The first kappa shape index (κ1) is 19.7. The minimum absolute atomic E-state index is 0.0407. The highest BCUT2D eigenvalue weighted by Crippen LogP contribution is 2.42. The molecule has 1 aromatic carbocycles. The molecule has 0 radical (unpaired) electrons. The fourth-order valence-electron chi connectivity index (χ4n) is 4.51. The van der Waals surface area contributed by atoms with Crippen molar-refractivity contribution < 1.29 is 14.6 Å². The molecule has 1 heterocycles. The minimum atomic E-state index is -0.720. The second kappa shape index (κ2) is 7.91. The summed E-state index contributed by atoms with van der Waals surface area (Å²) in [5.41, 5.74) is 0.459. The molecule has 4 atom stereocenters. The molecular formula is C22H31N2O3-. The van der Waals surface area contributed by atoms with E-state index in [4.69, 9.17) is 4.74 Å². The Kier molecular flexibility index (Phi) is 5.78. The number of nitrogens with zero attached hydrogens (tertiary/aromatic N) is 2. The predicted octanol–water partition coefficient (Wildman–Crippen LogP) is 2.98. The Morgan fingerprint density at radius 1 is 1.30 bits per heavy atom. The van der Waals surface area contributed by atoms with Crippen molar-refractivity contribution >= 4 is 12.0 Å². The molecule has 0 unspecified atom stereocenters. The highest BCUT2D eigenvalue weighted by atomic mass is 16.6. The summed E-state index contributed by atoms with van der Waals surface area (Å²) < 4.78 is 5.29. The SMILES string of the molecule is C[C@@H]1[C@H]2CCC[C@H]2CN1C(=O)[C@@H](N=C([O-])OCc1ccccc1)C(C)(C)C. The topological polar surface area (TPSA) is 65.0 Å². The fourth-order valence-corrected chi connectivity index (χ4v) is 4.51. The number of ether oxygens (including phenoxy) is 1. The van der Waals surface area contributed by atoms with Crippen LogP contribution in [0.3, 0.4) is 0 Å². The highest BCUT2D eigenvalue weighted by Gasteiger charge is 2.46. The van der Waals surface area contributed by atoms with Gasteiger partial charge in [0.05, 0.1) is 0 Å². The Morgan fingerprint density at radius 3 is 2.63 bits per heavy atom. The number of hydrogen-bond acceptors (Lipinski definition) is 4. The van der Waals surface area contributed by atoms with Crippen LogP contribution < -0.4 is 5.11 Å². The number of likely N-dealkylation sites (tertiary alicyclic amines) is 1. The lowest BCUT2D eigenvalue weighted by atomic mass is 9.86. The third-order valence-corrected chi connectivity index (χ3v) is 6.04. The van der Waals surface area contributed by atoms with Gasteiger partial charge < -0.3 is 14.7 Å².